The Morgan fingerprint density at radius 1 is 1.24 bits per heavy atom. The minimum Gasteiger partial charge on any atom is -0.464 e. The van der Waals surface area contributed by atoms with Gasteiger partial charge in [0.05, 0.1) is 12.0 Å². The monoisotopic (exact) mass is 410 g/mol. The maximum absolute atomic E-state index is 13.6. The quantitative estimate of drug-likeness (QED) is 0.589. The van der Waals surface area contributed by atoms with Gasteiger partial charge in [-0.05, 0) is 70.1 Å². The van der Waals surface area contributed by atoms with Gasteiger partial charge < -0.3 is 4.74 Å². The Balaban J connectivity index is 1.91. The van der Waals surface area contributed by atoms with Gasteiger partial charge in [-0.25, -0.2) is 9.78 Å². The average Bonchev–Trinajstić information content (AvgIpc) is 3.11. The van der Waals surface area contributed by atoms with Gasteiger partial charge in [0.2, 0.25) is 0 Å². The number of hydrogen-bond donors (Lipinski definition) is 0. The molecule has 1 aliphatic rings. The summed E-state index contributed by atoms with van der Waals surface area (Å²) in [6, 6.07) is 6.51. The molecule has 0 aliphatic heterocycles. The third-order valence-electron chi connectivity index (χ3n) is 5.77. The number of carbonyl (C=O) groups excluding carboxylic acids is 1. The lowest BCUT2D eigenvalue weighted by atomic mass is 9.89. The van der Waals surface area contributed by atoms with Crippen LogP contribution in [-0.4, -0.2) is 22.1 Å². The molecule has 2 aromatic heterocycles. The molecule has 4 rings (SSSR count). The summed E-state index contributed by atoms with van der Waals surface area (Å²) in [5, 5.41) is 2.58. The number of hydrogen-bond acceptors (Lipinski definition) is 5. The van der Waals surface area contributed by atoms with Crippen LogP contribution in [0.4, 0.5) is 0 Å². The number of esters is 1. The first kappa shape index (κ1) is 19.8. The second-order valence-electron chi connectivity index (χ2n) is 8.10. The summed E-state index contributed by atoms with van der Waals surface area (Å²) in [5.74, 6) is 0.0799. The number of benzene rings is 1. The molecule has 1 aromatic carbocycles. The molecule has 3 aromatic rings. The molecule has 0 fully saturated rings. The third-order valence-corrected chi connectivity index (χ3v) is 6.64. The van der Waals surface area contributed by atoms with Gasteiger partial charge in [0.1, 0.15) is 16.2 Å². The number of aryl methyl sites for hydroxylation is 3. The van der Waals surface area contributed by atoms with Crippen LogP contribution in [0, 0.1) is 6.92 Å². The molecular weight excluding hydrogens is 384 g/mol. The SMILES string of the molecule is CCOC(=O)C(C)(C)n1c(C)nc2scc(-c3ccc4c(c3)CCCC4)c2c1=O. The van der Waals surface area contributed by atoms with Crippen molar-refractivity contribution < 1.29 is 9.53 Å². The number of carbonyl (C=O) groups is 1. The molecule has 0 N–H and O–H groups in total. The molecule has 0 bridgehead atoms. The summed E-state index contributed by atoms with van der Waals surface area (Å²) in [5.41, 5.74) is 3.40. The van der Waals surface area contributed by atoms with Gasteiger partial charge in [-0.15, -0.1) is 11.3 Å². The van der Waals surface area contributed by atoms with Crippen molar-refractivity contribution in [3.63, 3.8) is 0 Å². The molecule has 1 aliphatic carbocycles. The topological polar surface area (TPSA) is 61.2 Å². The van der Waals surface area contributed by atoms with Gasteiger partial charge in [-0.2, -0.15) is 0 Å². The number of ether oxygens (including phenoxy) is 1. The first-order valence-electron chi connectivity index (χ1n) is 10.1. The maximum Gasteiger partial charge on any atom is 0.331 e. The second kappa shape index (κ2) is 7.41. The highest BCUT2D eigenvalue weighted by Gasteiger charge is 2.35. The van der Waals surface area contributed by atoms with Crippen LogP contribution in [0.3, 0.4) is 0 Å². The third kappa shape index (κ3) is 3.29. The Labute approximate surface area is 174 Å². The summed E-state index contributed by atoms with van der Waals surface area (Å²) >= 11 is 1.47. The molecule has 0 unspecified atom stereocenters. The number of fused-ring (bicyclic) bond motifs is 2. The van der Waals surface area contributed by atoms with Crippen LogP contribution in [-0.2, 0) is 27.9 Å². The van der Waals surface area contributed by atoms with E-state index in [4.69, 9.17) is 4.74 Å². The average molecular weight is 411 g/mol. The van der Waals surface area contributed by atoms with Gasteiger partial charge in [-0.3, -0.25) is 9.36 Å². The molecule has 5 nitrogen and oxygen atoms in total. The van der Waals surface area contributed by atoms with Crippen molar-refractivity contribution in [1.29, 1.82) is 0 Å². The Bertz CT molecular complexity index is 1160. The van der Waals surface area contributed by atoms with Crippen molar-refractivity contribution in [2.24, 2.45) is 0 Å². The Kier molecular flexibility index (Phi) is 5.07. The second-order valence-corrected chi connectivity index (χ2v) is 8.96. The van der Waals surface area contributed by atoms with Crippen molar-refractivity contribution in [3.8, 4) is 11.1 Å². The molecule has 0 saturated heterocycles. The Morgan fingerprint density at radius 3 is 2.69 bits per heavy atom. The number of aromatic nitrogens is 2. The van der Waals surface area contributed by atoms with Gasteiger partial charge >= 0.3 is 5.97 Å². The summed E-state index contributed by atoms with van der Waals surface area (Å²) < 4.78 is 6.69. The molecule has 0 radical (unpaired) electrons. The zero-order chi connectivity index (χ0) is 20.8. The van der Waals surface area contributed by atoms with Gasteiger partial charge in [0.25, 0.3) is 5.56 Å². The highest BCUT2D eigenvalue weighted by atomic mass is 32.1. The minimum atomic E-state index is -1.13. The van der Waals surface area contributed by atoms with E-state index in [-0.39, 0.29) is 12.2 Å². The molecule has 152 valence electrons. The van der Waals surface area contributed by atoms with Crippen molar-refractivity contribution in [2.45, 2.75) is 58.9 Å². The molecule has 29 heavy (non-hydrogen) atoms. The molecule has 0 amide bonds. The summed E-state index contributed by atoms with van der Waals surface area (Å²) in [6.45, 7) is 7.21. The molecule has 2 heterocycles. The number of nitrogens with zero attached hydrogens (tertiary/aromatic N) is 2. The fraction of sp³-hybridized carbons (Fsp3) is 0.435. The van der Waals surface area contributed by atoms with E-state index < -0.39 is 11.5 Å². The highest BCUT2D eigenvalue weighted by molar-refractivity contribution is 7.17. The molecule has 0 spiro atoms. The summed E-state index contributed by atoms with van der Waals surface area (Å²) in [6.07, 6.45) is 4.66. The van der Waals surface area contributed by atoms with Crippen molar-refractivity contribution in [1.82, 2.24) is 9.55 Å². The fourth-order valence-corrected chi connectivity index (χ4v) is 5.25. The van der Waals surface area contributed by atoms with E-state index >= 15 is 0 Å². The first-order chi connectivity index (χ1) is 13.8. The van der Waals surface area contributed by atoms with Crippen LogP contribution in [0.15, 0.2) is 28.4 Å². The van der Waals surface area contributed by atoms with Crippen LogP contribution >= 0.6 is 11.3 Å². The molecule has 0 atom stereocenters. The molecular formula is C23H26N2O3S. The largest absolute Gasteiger partial charge is 0.464 e. The van der Waals surface area contributed by atoms with E-state index in [1.807, 2.05) is 5.38 Å². The van der Waals surface area contributed by atoms with E-state index in [2.05, 4.69) is 23.2 Å². The zero-order valence-corrected chi connectivity index (χ0v) is 18.2. The fourth-order valence-electron chi connectivity index (χ4n) is 4.26. The standard InChI is InChI=1S/C23H26N2O3S/c1-5-28-22(27)23(3,4)25-14(2)24-20-19(21(25)26)18(13-29-20)17-11-10-15-8-6-7-9-16(15)12-17/h10-13H,5-9H2,1-4H3. The van der Waals surface area contributed by atoms with Crippen LogP contribution in [0.5, 0.6) is 0 Å². The number of thiophene rings is 1. The van der Waals surface area contributed by atoms with E-state index in [0.717, 1.165) is 24.0 Å². The van der Waals surface area contributed by atoms with Crippen LogP contribution in [0.25, 0.3) is 21.3 Å². The van der Waals surface area contributed by atoms with E-state index in [9.17, 15) is 9.59 Å². The number of rotatable bonds is 4. The highest BCUT2D eigenvalue weighted by Crippen LogP contribution is 2.34. The summed E-state index contributed by atoms with van der Waals surface area (Å²) in [7, 11) is 0. The van der Waals surface area contributed by atoms with E-state index in [1.54, 1.807) is 27.7 Å². The smallest absolute Gasteiger partial charge is 0.331 e. The van der Waals surface area contributed by atoms with Gasteiger partial charge in [0.15, 0.2) is 0 Å². The lowest BCUT2D eigenvalue weighted by Crippen LogP contribution is -2.45. The Morgan fingerprint density at radius 2 is 1.97 bits per heavy atom. The molecule has 0 saturated carbocycles. The van der Waals surface area contributed by atoms with Crippen LogP contribution in [0.1, 0.15) is 50.6 Å². The van der Waals surface area contributed by atoms with Crippen molar-refractivity contribution in [3.05, 3.63) is 50.9 Å². The minimum absolute atomic E-state index is 0.195. The summed E-state index contributed by atoms with van der Waals surface area (Å²) in [4.78, 5) is 31.5. The maximum atomic E-state index is 13.6. The lowest BCUT2D eigenvalue weighted by molar-refractivity contribution is -0.152. The van der Waals surface area contributed by atoms with Gasteiger partial charge in [-0.1, -0.05) is 18.2 Å². The van der Waals surface area contributed by atoms with E-state index in [1.165, 1.54) is 39.9 Å². The van der Waals surface area contributed by atoms with E-state index in [0.29, 0.717) is 16.0 Å². The lowest BCUT2D eigenvalue weighted by Gasteiger charge is -2.26. The predicted molar refractivity (Wildman–Crippen MR) is 117 cm³/mol. The van der Waals surface area contributed by atoms with Crippen LogP contribution in [0.2, 0.25) is 0 Å². The van der Waals surface area contributed by atoms with Gasteiger partial charge in [0, 0.05) is 10.9 Å². The van der Waals surface area contributed by atoms with Crippen LogP contribution < -0.4 is 5.56 Å². The normalized spacial score (nSPS) is 14.1. The Hall–Kier alpha value is -2.47. The predicted octanol–water partition coefficient (Wildman–Crippen LogP) is 4.61. The molecule has 6 heteroatoms. The van der Waals surface area contributed by atoms with Crippen molar-refractivity contribution >= 4 is 27.5 Å². The zero-order valence-electron chi connectivity index (χ0n) is 17.4. The first-order valence-corrected chi connectivity index (χ1v) is 11.0. The van der Waals surface area contributed by atoms with Crippen molar-refractivity contribution in [2.75, 3.05) is 6.61 Å².